The van der Waals surface area contributed by atoms with Gasteiger partial charge in [-0.05, 0) is 62.7 Å². The smallest absolute Gasteiger partial charge is 0.224 e. The number of thioether (sulfide) groups is 1. The SMILES string of the molecule is CSc1cccc(NC(=O)CCC2CCNCC2)c1.Cl. The lowest BCUT2D eigenvalue weighted by molar-refractivity contribution is -0.116. The summed E-state index contributed by atoms with van der Waals surface area (Å²) in [5, 5.41) is 6.34. The fourth-order valence-electron chi connectivity index (χ4n) is 2.43. The van der Waals surface area contributed by atoms with Crippen molar-refractivity contribution in [1.29, 1.82) is 0 Å². The topological polar surface area (TPSA) is 41.1 Å². The summed E-state index contributed by atoms with van der Waals surface area (Å²) in [5.41, 5.74) is 0.905. The Labute approximate surface area is 131 Å². The highest BCUT2D eigenvalue weighted by molar-refractivity contribution is 7.98. The summed E-state index contributed by atoms with van der Waals surface area (Å²) in [6.07, 6.45) is 6.09. The molecule has 0 radical (unpaired) electrons. The Morgan fingerprint density at radius 2 is 2.15 bits per heavy atom. The van der Waals surface area contributed by atoms with Crippen LogP contribution < -0.4 is 10.6 Å². The van der Waals surface area contributed by atoms with Crippen LogP contribution in [0, 0.1) is 5.92 Å². The second-order valence-electron chi connectivity index (χ2n) is 5.01. The molecule has 2 N–H and O–H groups in total. The van der Waals surface area contributed by atoms with E-state index in [-0.39, 0.29) is 18.3 Å². The largest absolute Gasteiger partial charge is 0.326 e. The fraction of sp³-hybridized carbons (Fsp3) is 0.533. The van der Waals surface area contributed by atoms with Crippen LogP contribution in [0.5, 0.6) is 0 Å². The molecule has 0 saturated carbocycles. The highest BCUT2D eigenvalue weighted by Crippen LogP contribution is 2.20. The van der Waals surface area contributed by atoms with Crippen molar-refractivity contribution in [3.8, 4) is 0 Å². The Balaban J connectivity index is 0.00000200. The molecule has 0 aromatic heterocycles. The summed E-state index contributed by atoms with van der Waals surface area (Å²) in [4.78, 5) is 13.1. The third-order valence-corrected chi connectivity index (χ3v) is 4.32. The van der Waals surface area contributed by atoms with Crippen molar-refractivity contribution < 1.29 is 4.79 Å². The molecule has 112 valence electrons. The molecular weight excluding hydrogens is 292 g/mol. The first-order valence-corrected chi connectivity index (χ1v) is 8.15. The first kappa shape index (κ1) is 17.3. The predicted molar refractivity (Wildman–Crippen MR) is 88.9 cm³/mol. The van der Waals surface area contributed by atoms with Gasteiger partial charge in [0.1, 0.15) is 0 Å². The van der Waals surface area contributed by atoms with E-state index in [9.17, 15) is 4.79 Å². The van der Waals surface area contributed by atoms with Crippen LogP contribution in [0.25, 0.3) is 0 Å². The van der Waals surface area contributed by atoms with Gasteiger partial charge < -0.3 is 10.6 Å². The fourth-order valence-corrected chi connectivity index (χ4v) is 2.89. The van der Waals surface area contributed by atoms with Crippen molar-refractivity contribution in [3.63, 3.8) is 0 Å². The summed E-state index contributed by atoms with van der Waals surface area (Å²) in [6, 6.07) is 8.00. The van der Waals surface area contributed by atoms with Crippen molar-refractivity contribution in [3.05, 3.63) is 24.3 Å². The van der Waals surface area contributed by atoms with Gasteiger partial charge in [-0.2, -0.15) is 0 Å². The molecule has 0 bridgehead atoms. The number of nitrogens with one attached hydrogen (secondary N) is 2. The molecule has 1 saturated heterocycles. The number of carbonyl (C=O) groups is 1. The number of benzene rings is 1. The van der Waals surface area contributed by atoms with Crippen molar-refractivity contribution in [1.82, 2.24) is 5.32 Å². The maximum atomic E-state index is 11.9. The van der Waals surface area contributed by atoms with E-state index in [0.717, 1.165) is 25.2 Å². The zero-order valence-corrected chi connectivity index (χ0v) is 13.5. The standard InChI is InChI=1S/C15H22N2OS.ClH/c1-19-14-4-2-3-13(11-14)17-15(18)6-5-12-7-9-16-10-8-12;/h2-4,11-12,16H,5-10H2,1H3,(H,17,18);1H. The normalized spacial score (nSPS) is 15.4. The Morgan fingerprint density at radius 3 is 2.85 bits per heavy atom. The monoisotopic (exact) mass is 314 g/mol. The number of piperidine rings is 1. The van der Waals surface area contributed by atoms with Gasteiger partial charge in [-0.1, -0.05) is 6.07 Å². The third kappa shape index (κ3) is 5.73. The third-order valence-electron chi connectivity index (χ3n) is 3.59. The number of halogens is 1. The van der Waals surface area contributed by atoms with Gasteiger partial charge in [-0.3, -0.25) is 4.79 Å². The minimum absolute atomic E-state index is 0. The van der Waals surface area contributed by atoms with E-state index < -0.39 is 0 Å². The first-order valence-electron chi connectivity index (χ1n) is 6.92. The maximum Gasteiger partial charge on any atom is 0.224 e. The molecule has 0 unspecified atom stereocenters. The van der Waals surface area contributed by atoms with Gasteiger partial charge in [0, 0.05) is 17.0 Å². The van der Waals surface area contributed by atoms with Crippen molar-refractivity contribution >= 4 is 35.8 Å². The molecule has 20 heavy (non-hydrogen) atoms. The number of rotatable bonds is 5. The lowest BCUT2D eigenvalue weighted by Crippen LogP contribution is -2.28. The first-order chi connectivity index (χ1) is 9.28. The maximum absolute atomic E-state index is 11.9. The lowest BCUT2D eigenvalue weighted by atomic mass is 9.93. The highest BCUT2D eigenvalue weighted by atomic mass is 35.5. The van der Waals surface area contributed by atoms with E-state index in [1.165, 1.54) is 17.7 Å². The summed E-state index contributed by atoms with van der Waals surface area (Å²) in [7, 11) is 0. The quantitative estimate of drug-likeness (QED) is 0.817. The number of hydrogen-bond donors (Lipinski definition) is 2. The van der Waals surface area contributed by atoms with Crippen molar-refractivity contribution in [2.45, 2.75) is 30.6 Å². The van der Waals surface area contributed by atoms with Crippen LogP contribution in [0.15, 0.2) is 29.2 Å². The van der Waals surface area contributed by atoms with Crippen LogP contribution in [0.4, 0.5) is 5.69 Å². The van der Waals surface area contributed by atoms with Gasteiger partial charge in [-0.15, -0.1) is 24.2 Å². The number of hydrogen-bond acceptors (Lipinski definition) is 3. The lowest BCUT2D eigenvalue weighted by Gasteiger charge is -2.22. The second kappa shape index (κ2) is 9.27. The molecule has 0 aliphatic carbocycles. The van der Waals surface area contributed by atoms with Crippen LogP contribution in [0.1, 0.15) is 25.7 Å². The zero-order chi connectivity index (χ0) is 13.5. The molecule has 1 aromatic rings. The molecule has 2 rings (SSSR count). The number of amides is 1. The molecule has 3 nitrogen and oxygen atoms in total. The van der Waals surface area contributed by atoms with E-state index in [4.69, 9.17) is 0 Å². The molecule has 1 aliphatic heterocycles. The van der Waals surface area contributed by atoms with Gasteiger partial charge in [0.2, 0.25) is 5.91 Å². The van der Waals surface area contributed by atoms with Crippen LogP contribution in [0.2, 0.25) is 0 Å². The zero-order valence-electron chi connectivity index (χ0n) is 11.9. The Hall–Kier alpha value is -0.710. The Kier molecular flexibility index (Phi) is 8.04. The molecular formula is C15H23ClN2OS. The number of anilines is 1. The van der Waals surface area contributed by atoms with E-state index in [1.807, 2.05) is 24.5 Å². The molecule has 1 heterocycles. The minimum atomic E-state index is 0. The van der Waals surface area contributed by atoms with Gasteiger partial charge in [-0.25, -0.2) is 0 Å². The van der Waals surface area contributed by atoms with Crippen LogP contribution in [-0.2, 0) is 4.79 Å². The van der Waals surface area contributed by atoms with Gasteiger partial charge in [0.15, 0.2) is 0 Å². The van der Waals surface area contributed by atoms with Gasteiger partial charge >= 0.3 is 0 Å². The van der Waals surface area contributed by atoms with Crippen molar-refractivity contribution in [2.75, 3.05) is 24.7 Å². The van der Waals surface area contributed by atoms with E-state index >= 15 is 0 Å². The minimum Gasteiger partial charge on any atom is -0.326 e. The summed E-state index contributed by atoms with van der Waals surface area (Å²) < 4.78 is 0. The van der Waals surface area contributed by atoms with E-state index in [0.29, 0.717) is 12.3 Å². The molecule has 5 heteroatoms. The summed E-state index contributed by atoms with van der Waals surface area (Å²) >= 11 is 1.69. The molecule has 0 spiro atoms. The van der Waals surface area contributed by atoms with Crippen LogP contribution in [0.3, 0.4) is 0 Å². The molecule has 1 aromatic carbocycles. The van der Waals surface area contributed by atoms with E-state index in [2.05, 4.69) is 16.7 Å². The van der Waals surface area contributed by atoms with Gasteiger partial charge in [0.05, 0.1) is 0 Å². The average Bonchev–Trinajstić information content (AvgIpc) is 2.46. The molecule has 1 amide bonds. The average molecular weight is 315 g/mol. The molecule has 1 aliphatic rings. The highest BCUT2D eigenvalue weighted by Gasteiger charge is 2.14. The summed E-state index contributed by atoms with van der Waals surface area (Å²) in [6.45, 7) is 2.20. The summed E-state index contributed by atoms with van der Waals surface area (Å²) in [5.74, 6) is 0.848. The Morgan fingerprint density at radius 1 is 1.40 bits per heavy atom. The van der Waals surface area contributed by atoms with Crippen molar-refractivity contribution in [2.24, 2.45) is 5.92 Å². The van der Waals surface area contributed by atoms with Gasteiger partial charge in [0.25, 0.3) is 0 Å². The van der Waals surface area contributed by atoms with Crippen LogP contribution in [-0.4, -0.2) is 25.3 Å². The molecule has 1 fully saturated rings. The Bertz CT molecular complexity index is 422. The second-order valence-corrected chi connectivity index (χ2v) is 5.89. The van der Waals surface area contributed by atoms with E-state index in [1.54, 1.807) is 11.8 Å². The van der Waals surface area contributed by atoms with Crippen LogP contribution >= 0.6 is 24.2 Å². The molecule has 0 atom stereocenters. The number of carbonyl (C=O) groups excluding carboxylic acids is 1. The predicted octanol–water partition coefficient (Wildman–Crippen LogP) is 3.55.